The number of rotatable bonds is 8. The van der Waals surface area contributed by atoms with E-state index in [9.17, 15) is 13.2 Å². The molecule has 0 unspecified atom stereocenters. The summed E-state index contributed by atoms with van der Waals surface area (Å²) in [5.74, 6) is 2.24. The fourth-order valence-electron chi connectivity index (χ4n) is 2.70. The van der Waals surface area contributed by atoms with Crippen molar-refractivity contribution >= 4 is 51.2 Å². The molecule has 0 saturated carbocycles. The van der Waals surface area contributed by atoms with Crippen LogP contribution in [0.25, 0.3) is 0 Å². The molecule has 1 N–H and O–H groups in total. The molecule has 0 aromatic heterocycles. The Bertz CT molecular complexity index is 1040. The second-order valence-corrected chi connectivity index (χ2v) is 10.2. The molecule has 1 aliphatic heterocycles. The van der Waals surface area contributed by atoms with E-state index in [0.29, 0.717) is 16.3 Å². The number of benzene rings is 2. The van der Waals surface area contributed by atoms with Crippen molar-refractivity contribution in [1.82, 2.24) is 5.43 Å². The highest BCUT2D eigenvalue weighted by molar-refractivity contribution is 8.00. The van der Waals surface area contributed by atoms with Gasteiger partial charge in [-0.3, -0.25) is 9.10 Å². The van der Waals surface area contributed by atoms with Crippen LogP contribution in [-0.4, -0.2) is 50.9 Å². The Morgan fingerprint density at radius 1 is 1.30 bits per heavy atom. The number of halogens is 1. The second-order valence-electron chi connectivity index (χ2n) is 6.79. The Morgan fingerprint density at radius 3 is 2.60 bits per heavy atom. The van der Waals surface area contributed by atoms with Crippen LogP contribution in [0.4, 0.5) is 5.69 Å². The maximum absolute atomic E-state index is 12.3. The molecule has 0 aliphatic carbocycles. The summed E-state index contributed by atoms with van der Waals surface area (Å²) in [5.41, 5.74) is 4.06. The lowest BCUT2D eigenvalue weighted by atomic mass is 10.2. The molecule has 10 heteroatoms. The number of nitrogens with one attached hydrogen (secondary N) is 1. The van der Waals surface area contributed by atoms with Crippen molar-refractivity contribution in [3.8, 4) is 5.75 Å². The molecule has 0 bridgehead atoms. The van der Waals surface area contributed by atoms with Gasteiger partial charge in [0.15, 0.2) is 0 Å². The molecule has 2 aromatic rings. The predicted octanol–water partition coefficient (Wildman–Crippen LogP) is 3.06. The van der Waals surface area contributed by atoms with Crippen LogP contribution in [0.1, 0.15) is 11.1 Å². The zero-order chi connectivity index (χ0) is 21.7. The van der Waals surface area contributed by atoms with Crippen molar-refractivity contribution in [1.29, 1.82) is 0 Å². The van der Waals surface area contributed by atoms with Gasteiger partial charge in [-0.05, 0) is 54.4 Å². The molecule has 1 amide bonds. The third-order valence-electron chi connectivity index (χ3n) is 4.39. The van der Waals surface area contributed by atoms with Gasteiger partial charge < -0.3 is 4.74 Å². The first-order valence-electron chi connectivity index (χ1n) is 9.13. The van der Waals surface area contributed by atoms with E-state index in [1.54, 1.807) is 25.1 Å². The highest BCUT2D eigenvalue weighted by Crippen LogP contribution is 2.28. The van der Waals surface area contributed by atoms with E-state index in [2.05, 4.69) is 10.5 Å². The molecule has 2 aromatic carbocycles. The molecule has 160 valence electrons. The summed E-state index contributed by atoms with van der Waals surface area (Å²) >= 11 is 7.94. The minimum Gasteiger partial charge on any atom is -0.489 e. The average molecular weight is 468 g/mol. The van der Waals surface area contributed by atoms with Gasteiger partial charge in [0.05, 0.1) is 18.2 Å². The Labute approximate surface area is 185 Å². The Morgan fingerprint density at radius 2 is 2.00 bits per heavy atom. The van der Waals surface area contributed by atoms with Gasteiger partial charge in [-0.2, -0.15) is 16.9 Å². The number of carbonyl (C=O) groups is 1. The first-order chi connectivity index (χ1) is 14.2. The van der Waals surface area contributed by atoms with Gasteiger partial charge in [-0.1, -0.05) is 17.7 Å². The number of nitrogens with zero attached hydrogens (tertiary/aromatic N) is 2. The number of thioether (sulfide) groups is 1. The first kappa shape index (κ1) is 22.5. The lowest BCUT2D eigenvalue weighted by Gasteiger charge is -2.25. The second kappa shape index (κ2) is 9.72. The zero-order valence-corrected chi connectivity index (χ0v) is 18.9. The van der Waals surface area contributed by atoms with Gasteiger partial charge >= 0.3 is 0 Å². The van der Waals surface area contributed by atoms with E-state index in [1.807, 2.05) is 36.0 Å². The molecule has 3 rings (SSSR count). The number of hydrogen-bond acceptors (Lipinski definition) is 6. The van der Waals surface area contributed by atoms with Crippen molar-refractivity contribution in [3.05, 3.63) is 58.6 Å². The minimum atomic E-state index is -3.70. The van der Waals surface area contributed by atoms with Crippen molar-refractivity contribution < 1.29 is 17.9 Å². The van der Waals surface area contributed by atoms with Gasteiger partial charge in [0.1, 0.15) is 18.4 Å². The third-order valence-corrected chi connectivity index (χ3v) is 7.14. The van der Waals surface area contributed by atoms with E-state index >= 15 is 0 Å². The quantitative estimate of drug-likeness (QED) is 0.476. The van der Waals surface area contributed by atoms with Gasteiger partial charge in [-0.25, -0.2) is 13.8 Å². The van der Waals surface area contributed by atoms with Crippen molar-refractivity contribution in [2.75, 3.05) is 28.6 Å². The number of hydrogen-bond donors (Lipinski definition) is 1. The first-order valence-corrected chi connectivity index (χ1v) is 12.5. The van der Waals surface area contributed by atoms with Gasteiger partial charge in [0.25, 0.3) is 5.91 Å². The van der Waals surface area contributed by atoms with Crippen LogP contribution < -0.4 is 14.5 Å². The molecule has 1 fully saturated rings. The minimum absolute atomic E-state index is 0.273. The Balaban J connectivity index is 1.60. The topological polar surface area (TPSA) is 88.1 Å². The largest absolute Gasteiger partial charge is 0.489 e. The average Bonchev–Trinajstić information content (AvgIpc) is 2.66. The van der Waals surface area contributed by atoms with Crippen LogP contribution in [0.2, 0.25) is 5.02 Å². The van der Waals surface area contributed by atoms with Crippen LogP contribution in [0.3, 0.4) is 0 Å². The number of hydrazone groups is 1. The molecule has 1 aliphatic rings. The molecular weight excluding hydrogens is 446 g/mol. The molecular formula is C20H22ClN3O4S2. The SMILES string of the molecule is Cc1c(Cl)cccc1N(CC(=O)N/N=C\c1ccc(OC2CSC2)cc1)S(C)(=O)=O. The van der Waals surface area contributed by atoms with Crippen LogP contribution >= 0.6 is 23.4 Å². The van der Waals surface area contributed by atoms with Crippen LogP contribution in [0, 0.1) is 6.92 Å². The summed E-state index contributed by atoms with van der Waals surface area (Å²) < 4.78 is 31.2. The predicted molar refractivity (Wildman–Crippen MR) is 122 cm³/mol. The highest BCUT2D eigenvalue weighted by Gasteiger charge is 2.23. The van der Waals surface area contributed by atoms with Gasteiger partial charge in [0.2, 0.25) is 10.0 Å². The summed E-state index contributed by atoms with van der Waals surface area (Å²) in [6, 6.07) is 12.2. The van der Waals surface area contributed by atoms with E-state index in [0.717, 1.165) is 33.4 Å². The molecule has 0 radical (unpaired) electrons. The molecule has 1 saturated heterocycles. The fraction of sp³-hybridized carbons (Fsp3) is 0.300. The molecule has 1 heterocycles. The summed E-state index contributed by atoms with van der Waals surface area (Å²) in [4.78, 5) is 12.3. The van der Waals surface area contributed by atoms with E-state index < -0.39 is 22.5 Å². The zero-order valence-electron chi connectivity index (χ0n) is 16.5. The molecule has 30 heavy (non-hydrogen) atoms. The Kier molecular flexibility index (Phi) is 7.27. The number of amides is 1. The van der Waals surface area contributed by atoms with Crippen LogP contribution in [0.5, 0.6) is 5.75 Å². The van der Waals surface area contributed by atoms with Crippen molar-refractivity contribution in [3.63, 3.8) is 0 Å². The smallest absolute Gasteiger partial charge is 0.260 e. The highest BCUT2D eigenvalue weighted by atomic mass is 35.5. The number of sulfonamides is 1. The summed E-state index contributed by atoms with van der Waals surface area (Å²) in [6.07, 6.45) is 2.79. The maximum Gasteiger partial charge on any atom is 0.260 e. The standard InChI is InChI=1S/C20H22ClN3O4S2/c1-14-18(21)4-3-5-19(14)24(30(2,26)27)11-20(25)23-22-10-15-6-8-16(9-7-15)28-17-12-29-13-17/h3-10,17H,11-13H2,1-2H3,(H,23,25)/b22-10-. The van der Waals surface area contributed by atoms with Crippen molar-refractivity contribution in [2.24, 2.45) is 5.10 Å². The summed E-state index contributed by atoms with van der Waals surface area (Å²) in [7, 11) is -3.70. The van der Waals surface area contributed by atoms with Gasteiger partial charge in [-0.15, -0.1) is 0 Å². The van der Waals surface area contributed by atoms with Crippen LogP contribution in [-0.2, 0) is 14.8 Å². The normalized spacial score (nSPS) is 14.4. The molecule has 0 atom stereocenters. The summed E-state index contributed by atoms with van der Waals surface area (Å²) in [5, 5.41) is 4.33. The van der Waals surface area contributed by atoms with Crippen molar-refractivity contribution in [2.45, 2.75) is 13.0 Å². The number of ether oxygens (including phenoxy) is 1. The molecule has 7 nitrogen and oxygen atoms in total. The number of carbonyl (C=O) groups excluding carboxylic acids is 1. The monoisotopic (exact) mass is 467 g/mol. The van der Waals surface area contributed by atoms with Crippen LogP contribution in [0.15, 0.2) is 47.6 Å². The lowest BCUT2D eigenvalue weighted by Crippen LogP contribution is -2.39. The van der Waals surface area contributed by atoms with E-state index in [4.69, 9.17) is 16.3 Å². The lowest BCUT2D eigenvalue weighted by molar-refractivity contribution is -0.119. The fourth-order valence-corrected chi connectivity index (χ4v) is 4.34. The Hall–Kier alpha value is -2.23. The maximum atomic E-state index is 12.3. The van der Waals surface area contributed by atoms with E-state index in [-0.39, 0.29) is 6.10 Å². The number of anilines is 1. The third kappa shape index (κ3) is 5.90. The summed E-state index contributed by atoms with van der Waals surface area (Å²) in [6.45, 7) is 1.28. The van der Waals surface area contributed by atoms with Gasteiger partial charge in [0, 0.05) is 16.5 Å². The molecule has 0 spiro atoms. The van der Waals surface area contributed by atoms with E-state index in [1.165, 1.54) is 6.21 Å².